The fourth-order valence-electron chi connectivity index (χ4n) is 4.06. The molecular formula is C26H31N5O. The zero-order valence-electron chi connectivity index (χ0n) is 18.3. The summed E-state index contributed by atoms with van der Waals surface area (Å²) in [4.78, 5) is 19.0. The number of urea groups is 1. The Morgan fingerprint density at radius 1 is 0.938 bits per heavy atom. The lowest BCUT2D eigenvalue weighted by molar-refractivity contribution is 0.193. The van der Waals surface area contributed by atoms with E-state index in [1.54, 1.807) is 6.07 Å². The number of nitrogens with one attached hydrogen (secondary N) is 2. The quantitative estimate of drug-likeness (QED) is 0.533. The molecule has 1 aromatic heterocycles. The van der Waals surface area contributed by atoms with Gasteiger partial charge in [0.1, 0.15) is 5.82 Å². The van der Waals surface area contributed by atoms with Crippen LogP contribution in [0.2, 0.25) is 0 Å². The maximum absolute atomic E-state index is 12.2. The zero-order valence-corrected chi connectivity index (χ0v) is 18.3. The van der Waals surface area contributed by atoms with E-state index in [2.05, 4.69) is 44.8 Å². The molecule has 0 aliphatic carbocycles. The number of benzene rings is 2. The molecule has 2 aromatic carbocycles. The minimum Gasteiger partial charge on any atom is -0.384 e. The molecule has 6 nitrogen and oxygen atoms in total. The van der Waals surface area contributed by atoms with E-state index in [4.69, 9.17) is 5.73 Å². The summed E-state index contributed by atoms with van der Waals surface area (Å²) in [5.74, 6) is 0.540. The van der Waals surface area contributed by atoms with Gasteiger partial charge in [0.05, 0.1) is 5.69 Å². The summed E-state index contributed by atoms with van der Waals surface area (Å²) in [7, 11) is 0. The largest absolute Gasteiger partial charge is 0.384 e. The molecule has 0 radical (unpaired) electrons. The molecule has 4 rings (SSSR count). The Labute approximate surface area is 189 Å². The van der Waals surface area contributed by atoms with Gasteiger partial charge in [-0.3, -0.25) is 0 Å². The van der Waals surface area contributed by atoms with Crippen LogP contribution in [0.3, 0.4) is 0 Å². The van der Waals surface area contributed by atoms with Crippen LogP contribution in [0.4, 0.5) is 10.6 Å². The van der Waals surface area contributed by atoms with Crippen LogP contribution in [0.1, 0.15) is 24.0 Å². The maximum Gasteiger partial charge on any atom is 0.315 e. The molecule has 32 heavy (non-hydrogen) atoms. The average Bonchev–Trinajstić information content (AvgIpc) is 2.83. The second kappa shape index (κ2) is 10.8. The molecule has 1 fully saturated rings. The second-order valence-corrected chi connectivity index (χ2v) is 8.32. The smallest absolute Gasteiger partial charge is 0.315 e. The standard InChI is InChI=1S/C26H31N5O/c27-25-8-4-7-24(30-25)22-11-9-20(10-12-22)13-16-31-17-14-23(15-18-31)29-26(32)28-19-21-5-2-1-3-6-21/h1-12,23H,13-19H2,(H2,27,30)(H2,28,29,32). The van der Waals surface area contributed by atoms with Crippen molar-refractivity contribution in [2.45, 2.75) is 31.8 Å². The molecule has 2 amide bonds. The number of amides is 2. The number of anilines is 1. The first-order valence-corrected chi connectivity index (χ1v) is 11.3. The van der Waals surface area contributed by atoms with Crippen LogP contribution in [0, 0.1) is 0 Å². The lowest BCUT2D eigenvalue weighted by atomic mass is 10.0. The van der Waals surface area contributed by atoms with Crippen molar-refractivity contribution in [2.75, 3.05) is 25.4 Å². The number of aromatic nitrogens is 1. The van der Waals surface area contributed by atoms with Gasteiger partial charge in [-0.15, -0.1) is 0 Å². The number of rotatable bonds is 7. The van der Waals surface area contributed by atoms with Gasteiger partial charge in [0.15, 0.2) is 0 Å². The Bertz CT molecular complexity index is 998. The van der Waals surface area contributed by atoms with E-state index in [-0.39, 0.29) is 12.1 Å². The highest BCUT2D eigenvalue weighted by molar-refractivity contribution is 5.74. The van der Waals surface area contributed by atoms with Crippen LogP contribution in [0.15, 0.2) is 72.8 Å². The molecule has 0 bridgehead atoms. The molecule has 0 atom stereocenters. The van der Waals surface area contributed by atoms with Crippen LogP contribution < -0.4 is 16.4 Å². The monoisotopic (exact) mass is 429 g/mol. The number of pyridine rings is 1. The Kier molecular flexibility index (Phi) is 7.35. The first kappa shape index (κ1) is 21.8. The molecule has 0 unspecified atom stereocenters. The summed E-state index contributed by atoms with van der Waals surface area (Å²) < 4.78 is 0. The van der Waals surface area contributed by atoms with Gasteiger partial charge in [0.25, 0.3) is 0 Å². The maximum atomic E-state index is 12.2. The number of carbonyl (C=O) groups excluding carboxylic acids is 1. The third-order valence-corrected chi connectivity index (χ3v) is 5.96. The van der Waals surface area contributed by atoms with E-state index in [0.717, 1.165) is 55.7 Å². The SMILES string of the molecule is Nc1cccc(-c2ccc(CCN3CCC(NC(=O)NCc4ccccc4)CC3)cc2)n1. The van der Waals surface area contributed by atoms with Crippen LogP contribution in [-0.2, 0) is 13.0 Å². The molecule has 4 N–H and O–H groups in total. The van der Waals surface area contributed by atoms with Gasteiger partial charge in [-0.2, -0.15) is 0 Å². The highest BCUT2D eigenvalue weighted by Gasteiger charge is 2.20. The molecule has 3 aromatic rings. The van der Waals surface area contributed by atoms with Gasteiger partial charge < -0.3 is 21.3 Å². The number of nitrogens with two attached hydrogens (primary N) is 1. The predicted molar refractivity (Wildman–Crippen MR) is 129 cm³/mol. The third-order valence-electron chi connectivity index (χ3n) is 5.96. The molecule has 2 heterocycles. The summed E-state index contributed by atoms with van der Waals surface area (Å²) in [6, 6.07) is 24.4. The Morgan fingerprint density at radius 3 is 2.41 bits per heavy atom. The van der Waals surface area contributed by atoms with E-state index in [9.17, 15) is 4.79 Å². The minimum atomic E-state index is -0.0814. The van der Waals surface area contributed by atoms with Crippen LogP contribution in [-0.4, -0.2) is 41.6 Å². The van der Waals surface area contributed by atoms with Gasteiger partial charge in [-0.25, -0.2) is 9.78 Å². The van der Waals surface area contributed by atoms with Crippen LogP contribution in [0.5, 0.6) is 0 Å². The van der Waals surface area contributed by atoms with Crippen molar-refractivity contribution in [3.05, 3.63) is 83.9 Å². The molecular weight excluding hydrogens is 398 g/mol. The lowest BCUT2D eigenvalue weighted by Gasteiger charge is -2.32. The van der Waals surface area contributed by atoms with E-state index in [1.165, 1.54) is 5.56 Å². The number of hydrogen-bond acceptors (Lipinski definition) is 4. The number of nitrogens with zero attached hydrogens (tertiary/aromatic N) is 2. The van der Waals surface area contributed by atoms with Crippen molar-refractivity contribution in [3.63, 3.8) is 0 Å². The molecule has 166 valence electrons. The number of carbonyl (C=O) groups is 1. The van der Waals surface area contributed by atoms with Gasteiger partial charge in [-0.05, 0) is 42.5 Å². The van der Waals surface area contributed by atoms with Crippen molar-refractivity contribution in [3.8, 4) is 11.3 Å². The summed E-state index contributed by atoms with van der Waals surface area (Å²) in [6.45, 7) is 3.60. The van der Waals surface area contributed by atoms with Gasteiger partial charge in [-0.1, -0.05) is 60.7 Å². The lowest BCUT2D eigenvalue weighted by Crippen LogP contribution is -2.48. The molecule has 1 aliphatic heterocycles. The Hall–Kier alpha value is -3.38. The summed E-state index contributed by atoms with van der Waals surface area (Å²) in [5.41, 5.74) is 10.2. The van der Waals surface area contributed by atoms with Gasteiger partial charge in [0.2, 0.25) is 0 Å². The summed E-state index contributed by atoms with van der Waals surface area (Å²) in [5, 5.41) is 6.07. The van der Waals surface area contributed by atoms with E-state index in [0.29, 0.717) is 12.4 Å². The average molecular weight is 430 g/mol. The van der Waals surface area contributed by atoms with Gasteiger partial charge in [0, 0.05) is 37.8 Å². The number of piperidine rings is 1. The van der Waals surface area contributed by atoms with Crippen LogP contribution in [0.25, 0.3) is 11.3 Å². The number of hydrogen-bond donors (Lipinski definition) is 3. The topological polar surface area (TPSA) is 83.3 Å². The number of likely N-dealkylation sites (tertiary alicyclic amines) is 1. The highest BCUT2D eigenvalue weighted by atomic mass is 16.2. The normalized spacial score (nSPS) is 14.8. The molecule has 1 aliphatic rings. The van der Waals surface area contributed by atoms with Crippen molar-refractivity contribution >= 4 is 11.8 Å². The first-order chi connectivity index (χ1) is 15.7. The van der Waals surface area contributed by atoms with E-state index in [1.807, 2.05) is 42.5 Å². The Balaban J connectivity index is 1.16. The second-order valence-electron chi connectivity index (χ2n) is 8.32. The first-order valence-electron chi connectivity index (χ1n) is 11.3. The summed E-state index contributed by atoms with van der Waals surface area (Å²) in [6.07, 6.45) is 2.98. The third kappa shape index (κ3) is 6.31. The van der Waals surface area contributed by atoms with E-state index < -0.39 is 0 Å². The summed E-state index contributed by atoms with van der Waals surface area (Å²) >= 11 is 0. The van der Waals surface area contributed by atoms with Gasteiger partial charge >= 0.3 is 6.03 Å². The molecule has 1 saturated heterocycles. The molecule has 0 spiro atoms. The predicted octanol–water partition coefficient (Wildman–Crippen LogP) is 3.84. The zero-order chi connectivity index (χ0) is 22.2. The van der Waals surface area contributed by atoms with Crippen molar-refractivity contribution < 1.29 is 4.79 Å². The van der Waals surface area contributed by atoms with Crippen molar-refractivity contribution in [1.82, 2.24) is 20.5 Å². The van der Waals surface area contributed by atoms with Crippen molar-refractivity contribution in [2.24, 2.45) is 0 Å². The Morgan fingerprint density at radius 2 is 1.69 bits per heavy atom. The number of nitrogen functional groups attached to an aromatic ring is 1. The fourth-order valence-corrected chi connectivity index (χ4v) is 4.06. The van der Waals surface area contributed by atoms with E-state index >= 15 is 0 Å². The van der Waals surface area contributed by atoms with Crippen LogP contribution >= 0.6 is 0 Å². The molecule has 0 saturated carbocycles. The minimum absolute atomic E-state index is 0.0814. The van der Waals surface area contributed by atoms with Crippen molar-refractivity contribution in [1.29, 1.82) is 0 Å². The molecule has 6 heteroatoms. The highest BCUT2D eigenvalue weighted by Crippen LogP contribution is 2.19. The fraction of sp³-hybridized carbons (Fsp3) is 0.308.